The smallest absolute Gasteiger partial charge is 0.0969 e. The third kappa shape index (κ3) is 3.79. The highest BCUT2D eigenvalue weighted by molar-refractivity contribution is 6.43. The van der Waals surface area contributed by atoms with Crippen molar-refractivity contribution >= 4 is 23.2 Å². The first-order valence-corrected chi connectivity index (χ1v) is 8.16. The van der Waals surface area contributed by atoms with E-state index in [1.807, 2.05) is 18.3 Å². The van der Waals surface area contributed by atoms with Crippen LogP contribution in [0.25, 0.3) is 5.69 Å². The summed E-state index contributed by atoms with van der Waals surface area (Å²) in [5, 5.41) is 12.8. The van der Waals surface area contributed by atoms with E-state index in [0.29, 0.717) is 22.6 Å². The fourth-order valence-electron chi connectivity index (χ4n) is 2.52. The van der Waals surface area contributed by atoms with Gasteiger partial charge in [0.1, 0.15) is 0 Å². The minimum absolute atomic E-state index is 0.474. The summed E-state index contributed by atoms with van der Waals surface area (Å²) >= 11 is 12.2. The summed E-state index contributed by atoms with van der Waals surface area (Å²) in [5.74, 6) is 0. The Hall–Kier alpha value is -1.14. The molecule has 7 heteroatoms. The average Bonchev–Trinajstić information content (AvgIpc) is 2.83. The molecular weight excluding hydrogens is 323 g/mol. The van der Waals surface area contributed by atoms with E-state index in [-0.39, 0.29) is 0 Å². The highest BCUT2D eigenvalue weighted by Crippen LogP contribution is 2.27. The lowest BCUT2D eigenvalue weighted by atomic mass is 10.1. The summed E-state index contributed by atoms with van der Waals surface area (Å²) in [4.78, 5) is 0. The number of hydrogen-bond donors (Lipinski definition) is 1. The molecule has 1 saturated heterocycles. The normalized spacial score (nSPS) is 19.1. The topological polar surface area (TPSA) is 52.0 Å². The monoisotopic (exact) mass is 340 g/mol. The van der Waals surface area contributed by atoms with Crippen molar-refractivity contribution < 1.29 is 4.74 Å². The molecule has 1 aliphatic rings. The van der Waals surface area contributed by atoms with Gasteiger partial charge in [-0.1, -0.05) is 34.5 Å². The summed E-state index contributed by atoms with van der Waals surface area (Å²) in [5.41, 5.74) is 1.61. The molecule has 1 fully saturated rings. The molecule has 1 aliphatic heterocycles. The second-order valence-electron chi connectivity index (χ2n) is 5.35. The van der Waals surface area contributed by atoms with Crippen LogP contribution in [0.1, 0.15) is 25.0 Å². The Morgan fingerprint density at radius 3 is 3.09 bits per heavy atom. The average molecular weight is 341 g/mol. The Kier molecular flexibility index (Phi) is 5.31. The van der Waals surface area contributed by atoms with Crippen molar-refractivity contribution in [2.24, 2.45) is 0 Å². The highest BCUT2D eigenvalue weighted by atomic mass is 35.5. The quantitative estimate of drug-likeness (QED) is 0.928. The van der Waals surface area contributed by atoms with E-state index < -0.39 is 0 Å². The van der Waals surface area contributed by atoms with Gasteiger partial charge in [0.15, 0.2) is 0 Å². The van der Waals surface area contributed by atoms with Crippen LogP contribution in [0.5, 0.6) is 0 Å². The van der Waals surface area contributed by atoms with Gasteiger partial charge in [-0.15, -0.1) is 5.10 Å². The zero-order chi connectivity index (χ0) is 15.4. The number of aromatic nitrogens is 3. The van der Waals surface area contributed by atoms with Crippen LogP contribution in [-0.4, -0.2) is 34.2 Å². The molecule has 2 aromatic rings. The van der Waals surface area contributed by atoms with Crippen molar-refractivity contribution in [2.75, 3.05) is 13.2 Å². The molecule has 3 rings (SSSR count). The fourth-order valence-corrected chi connectivity index (χ4v) is 2.91. The van der Waals surface area contributed by atoms with Crippen molar-refractivity contribution in [3.05, 3.63) is 40.1 Å². The van der Waals surface area contributed by atoms with E-state index in [1.165, 1.54) is 0 Å². The molecule has 2 heterocycles. The van der Waals surface area contributed by atoms with Crippen LogP contribution in [0.4, 0.5) is 0 Å². The van der Waals surface area contributed by atoms with Crippen LogP contribution in [0.15, 0.2) is 24.4 Å². The zero-order valence-electron chi connectivity index (χ0n) is 12.1. The van der Waals surface area contributed by atoms with E-state index in [1.54, 1.807) is 10.7 Å². The molecule has 1 N–H and O–H groups in total. The third-order valence-electron chi connectivity index (χ3n) is 3.74. The van der Waals surface area contributed by atoms with Crippen molar-refractivity contribution in [2.45, 2.75) is 31.8 Å². The first-order chi connectivity index (χ1) is 10.7. The lowest BCUT2D eigenvalue weighted by molar-refractivity contribution is 0.142. The molecule has 5 nitrogen and oxygen atoms in total. The first-order valence-electron chi connectivity index (χ1n) is 7.41. The van der Waals surface area contributed by atoms with Gasteiger partial charge in [-0.25, -0.2) is 4.68 Å². The van der Waals surface area contributed by atoms with Crippen molar-refractivity contribution in [1.29, 1.82) is 0 Å². The molecule has 0 amide bonds. The number of nitrogens with one attached hydrogen (secondary N) is 1. The predicted molar refractivity (Wildman–Crippen MR) is 86.7 cm³/mol. The van der Waals surface area contributed by atoms with Crippen LogP contribution in [-0.2, 0) is 11.3 Å². The molecule has 0 saturated carbocycles. The molecule has 0 spiro atoms. The molecule has 0 radical (unpaired) electrons. The van der Waals surface area contributed by atoms with E-state index in [9.17, 15) is 0 Å². The molecule has 118 valence electrons. The molecule has 0 bridgehead atoms. The molecule has 1 unspecified atom stereocenters. The van der Waals surface area contributed by atoms with E-state index in [4.69, 9.17) is 27.9 Å². The van der Waals surface area contributed by atoms with Gasteiger partial charge in [-0.2, -0.15) is 0 Å². The van der Waals surface area contributed by atoms with E-state index in [0.717, 1.165) is 43.9 Å². The Balaban J connectivity index is 1.65. The van der Waals surface area contributed by atoms with Crippen LogP contribution in [0, 0.1) is 0 Å². The second-order valence-corrected chi connectivity index (χ2v) is 6.13. The van der Waals surface area contributed by atoms with Crippen molar-refractivity contribution in [3.63, 3.8) is 0 Å². The number of halogens is 2. The number of benzene rings is 1. The summed E-state index contributed by atoms with van der Waals surface area (Å²) in [6.07, 6.45) is 5.14. The number of nitrogens with zero attached hydrogens (tertiary/aromatic N) is 3. The largest absolute Gasteiger partial charge is 0.381 e. The fraction of sp³-hybridized carbons (Fsp3) is 0.467. The summed E-state index contributed by atoms with van der Waals surface area (Å²) in [6.45, 7) is 2.37. The number of rotatable bonds is 4. The maximum absolute atomic E-state index is 6.20. The van der Waals surface area contributed by atoms with Gasteiger partial charge in [0.2, 0.25) is 0 Å². The van der Waals surface area contributed by atoms with Gasteiger partial charge in [0.25, 0.3) is 0 Å². The highest BCUT2D eigenvalue weighted by Gasteiger charge is 2.13. The summed E-state index contributed by atoms with van der Waals surface area (Å²) in [6, 6.07) is 5.93. The van der Waals surface area contributed by atoms with Crippen LogP contribution >= 0.6 is 23.2 Å². The SMILES string of the molecule is Clc1cccc(-n2cc(CNC3CCCOCC3)nn2)c1Cl. The standard InChI is InChI=1S/C15H18Cl2N4O/c16-13-4-1-5-14(15(13)17)21-10-12(19-20-21)9-18-11-3-2-7-22-8-6-11/h1,4-5,10-11,18H,2-3,6-9H2. The summed E-state index contributed by atoms with van der Waals surface area (Å²) < 4.78 is 7.12. The second kappa shape index (κ2) is 7.42. The first kappa shape index (κ1) is 15.7. The van der Waals surface area contributed by atoms with Crippen molar-refractivity contribution in [3.8, 4) is 5.69 Å². The Morgan fingerprint density at radius 2 is 2.18 bits per heavy atom. The lowest BCUT2D eigenvalue weighted by Gasteiger charge is -2.13. The molecular formula is C15H18Cl2N4O. The van der Waals surface area contributed by atoms with Crippen LogP contribution < -0.4 is 5.32 Å². The van der Waals surface area contributed by atoms with Gasteiger partial charge < -0.3 is 10.1 Å². The molecule has 1 aromatic heterocycles. The minimum atomic E-state index is 0.474. The van der Waals surface area contributed by atoms with Crippen LogP contribution in [0.2, 0.25) is 10.0 Å². The van der Waals surface area contributed by atoms with E-state index in [2.05, 4.69) is 15.6 Å². The predicted octanol–water partition coefficient (Wildman–Crippen LogP) is 3.23. The third-order valence-corrected chi connectivity index (χ3v) is 4.55. The summed E-state index contributed by atoms with van der Waals surface area (Å²) in [7, 11) is 0. The maximum atomic E-state index is 6.20. The van der Waals surface area contributed by atoms with E-state index >= 15 is 0 Å². The maximum Gasteiger partial charge on any atom is 0.0969 e. The van der Waals surface area contributed by atoms with Gasteiger partial charge in [-0.3, -0.25) is 0 Å². The molecule has 1 atom stereocenters. The minimum Gasteiger partial charge on any atom is -0.381 e. The lowest BCUT2D eigenvalue weighted by Crippen LogP contribution is -2.28. The Bertz CT molecular complexity index is 624. The molecule has 22 heavy (non-hydrogen) atoms. The van der Waals surface area contributed by atoms with Gasteiger partial charge in [0, 0.05) is 25.8 Å². The van der Waals surface area contributed by atoms with Gasteiger partial charge in [0.05, 0.1) is 27.6 Å². The number of hydrogen-bond acceptors (Lipinski definition) is 4. The number of ether oxygens (including phenoxy) is 1. The van der Waals surface area contributed by atoms with Gasteiger partial charge >= 0.3 is 0 Å². The van der Waals surface area contributed by atoms with Gasteiger partial charge in [-0.05, 0) is 31.4 Å². The zero-order valence-corrected chi connectivity index (χ0v) is 13.6. The van der Waals surface area contributed by atoms with Crippen LogP contribution in [0.3, 0.4) is 0 Å². The molecule has 0 aliphatic carbocycles. The Morgan fingerprint density at radius 1 is 1.27 bits per heavy atom. The van der Waals surface area contributed by atoms with Crippen molar-refractivity contribution in [1.82, 2.24) is 20.3 Å². The Labute approximate surface area is 139 Å². The molecule has 1 aromatic carbocycles.